The number of aromatic hydroxyl groups is 1. The van der Waals surface area contributed by atoms with E-state index in [-0.39, 0.29) is 15.8 Å². The molecule has 0 aromatic heterocycles. The molecule has 0 radical (unpaired) electrons. The van der Waals surface area contributed by atoms with Crippen LogP contribution in [0.1, 0.15) is 5.56 Å². The summed E-state index contributed by atoms with van der Waals surface area (Å²) in [5, 5.41) is 9.99. The van der Waals surface area contributed by atoms with E-state index >= 15 is 0 Å². The van der Waals surface area contributed by atoms with Crippen LogP contribution >= 0.6 is 23.2 Å². The summed E-state index contributed by atoms with van der Waals surface area (Å²) in [6, 6.07) is 20.2. The van der Waals surface area contributed by atoms with Gasteiger partial charge in [-0.15, -0.1) is 0 Å². The third-order valence-electron chi connectivity index (χ3n) is 3.52. The minimum atomic E-state index is 0.0105. The second-order valence-corrected chi connectivity index (χ2v) is 6.21. The van der Waals surface area contributed by atoms with Crippen LogP contribution in [-0.4, -0.2) is 11.7 Å². The second-order valence-electron chi connectivity index (χ2n) is 5.40. The summed E-state index contributed by atoms with van der Waals surface area (Å²) in [4.78, 5) is 0. The van der Waals surface area contributed by atoms with Crippen molar-refractivity contribution in [1.82, 2.24) is 0 Å². The summed E-state index contributed by atoms with van der Waals surface area (Å²) in [6.07, 6.45) is 0.694. The SMILES string of the molecule is Oc1cc(Cl)c(OCCc2ccc(Oc3ccccc3)cc2)c(Cl)c1. The fourth-order valence-electron chi connectivity index (χ4n) is 2.30. The first-order chi connectivity index (χ1) is 12.1. The van der Waals surface area contributed by atoms with Crippen molar-refractivity contribution >= 4 is 23.2 Å². The van der Waals surface area contributed by atoms with E-state index in [9.17, 15) is 5.11 Å². The Labute approximate surface area is 156 Å². The van der Waals surface area contributed by atoms with Gasteiger partial charge < -0.3 is 14.6 Å². The standard InChI is InChI=1S/C20H16Cl2O3/c21-18-12-15(23)13-19(22)20(18)24-11-10-14-6-8-17(9-7-14)25-16-4-2-1-3-5-16/h1-9,12-13,23H,10-11H2. The molecule has 0 atom stereocenters. The van der Waals surface area contributed by atoms with Gasteiger partial charge in [-0.05, 0) is 29.8 Å². The molecule has 0 fully saturated rings. The van der Waals surface area contributed by atoms with Crippen LogP contribution in [0.15, 0.2) is 66.7 Å². The Balaban J connectivity index is 1.56. The Morgan fingerprint density at radius 1 is 0.800 bits per heavy atom. The summed E-state index contributed by atoms with van der Waals surface area (Å²) >= 11 is 12.1. The van der Waals surface area contributed by atoms with Crippen molar-refractivity contribution in [2.75, 3.05) is 6.61 Å². The summed E-state index contributed by atoms with van der Waals surface area (Å²) in [7, 11) is 0. The molecule has 128 valence electrons. The summed E-state index contributed by atoms with van der Waals surface area (Å²) in [5.41, 5.74) is 1.10. The van der Waals surface area contributed by atoms with E-state index in [1.807, 2.05) is 54.6 Å². The van der Waals surface area contributed by atoms with Gasteiger partial charge in [0.05, 0.1) is 16.7 Å². The van der Waals surface area contributed by atoms with E-state index < -0.39 is 0 Å². The Bertz CT molecular complexity index is 810. The largest absolute Gasteiger partial charge is 0.508 e. The van der Waals surface area contributed by atoms with Crippen molar-refractivity contribution in [3.05, 3.63) is 82.3 Å². The number of hydrogen-bond acceptors (Lipinski definition) is 3. The van der Waals surface area contributed by atoms with Crippen LogP contribution in [0.4, 0.5) is 0 Å². The maximum Gasteiger partial charge on any atom is 0.156 e. The zero-order valence-corrected chi connectivity index (χ0v) is 14.8. The zero-order valence-electron chi connectivity index (χ0n) is 13.3. The van der Waals surface area contributed by atoms with Gasteiger partial charge in [-0.25, -0.2) is 0 Å². The van der Waals surface area contributed by atoms with E-state index in [0.29, 0.717) is 18.8 Å². The van der Waals surface area contributed by atoms with Gasteiger partial charge in [-0.1, -0.05) is 53.5 Å². The molecule has 0 heterocycles. The molecule has 3 aromatic carbocycles. The molecule has 3 aromatic rings. The Morgan fingerprint density at radius 2 is 1.40 bits per heavy atom. The number of benzene rings is 3. The van der Waals surface area contributed by atoms with Gasteiger partial charge in [-0.2, -0.15) is 0 Å². The molecule has 3 rings (SSSR count). The van der Waals surface area contributed by atoms with Crippen LogP contribution in [-0.2, 0) is 6.42 Å². The van der Waals surface area contributed by atoms with E-state index in [0.717, 1.165) is 17.1 Å². The van der Waals surface area contributed by atoms with E-state index in [1.165, 1.54) is 12.1 Å². The van der Waals surface area contributed by atoms with Gasteiger partial charge in [0, 0.05) is 18.6 Å². The number of phenolic OH excluding ortho intramolecular Hbond substituents is 1. The fraction of sp³-hybridized carbons (Fsp3) is 0.100. The molecule has 3 nitrogen and oxygen atoms in total. The van der Waals surface area contributed by atoms with Gasteiger partial charge in [-0.3, -0.25) is 0 Å². The summed E-state index contributed by atoms with van der Waals surface area (Å²) < 4.78 is 11.4. The van der Waals surface area contributed by atoms with Gasteiger partial charge in [0.15, 0.2) is 5.75 Å². The first-order valence-corrected chi connectivity index (χ1v) is 8.50. The minimum absolute atomic E-state index is 0.0105. The molecule has 25 heavy (non-hydrogen) atoms. The van der Waals surface area contributed by atoms with Crippen molar-refractivity contribution in [1.29, 1.82) is 0 Å². The molecular formula is C20H16Cl2O3. The Hall–Kier alpha value is -2.36. The lowest BCUT2D eigenvalue weighted by molar-refractivity contribution is 0.321. The van der Waals surface area contributed by atoms with E-state index in [4.69, 9.17) is 32.7 Å². The van der Waals surface area contributed by atoms with Crippen molar-refractivity contribution in [3.8, 4) is 23.0 Å². The van der Waals surface area contributed by atoms with Gasteiger partial charge in [0.1, 0.15) is 17.2 Å². The molecule has 1 N–H and O–H groups in total. The summed E-state index contributed by atoms with van der Waals surface area (Å²) in [5.74, 6) is 1.97. The third kappa shape index (κ3) is 4.81. The molecule has 0 saturated carbocycles. The summed E-state index contributed by atoms with van der Waals surface area (Å²) in [6.45, 7) is 0.420. The zero-order chi connectivity index (χ0) is 17.6. The molecular weight excluding hydrogens is 359 g/mol. The Morgan fingerprint density at radius 3 is 2.04 bits per heavy atom. The van der Waals surface area contributed by atoms with Gasteiger partial charge in [0.25, 0.3) is 0 Å². The first-order valence-electron chi connectivity index (χ1n) is 7.74. The quantitative estimate of drug-likeness (QED) is 0.565. The molecule has 0 aliphatic rings. The van der Waals surface area contributed by atoms with E-state index in [1.54, 1.807) is 0 Å². The van der Waals surface area contributed by atoms with Gasteiger partial charge in [0.2, 0.25) is 0 Å². The van der Waals surface area contributed by atoms with Crippen LogP contribution in [0.3, 0.4) is 0 Å². The highest BCUT2D eigenvalue weighted by atomic mass is 35.5. The topological polar surface area (TPSA) is 38.7 Å². The maximum atomic E-state index is 9.42. The molecule has 0 saturated heterocycles. The Kier molecular flexibility index (Phi) is 5.69. The lowest BCUT2D eigenvalue weighted by Crippen LogP contribution is -2.02. The highest BCUT2D eigenvalue weighted by Gasteiger charge is 2.09. The van der Waals surface area contributed by atoms with Gasteiger partial charge >= 0.3 is 0 Å². The predicted octanol–water partition coefficient (Wildman–Crippen LogP) is 6.11. The normalized spacial score (nSPS) is 10.5. The third-order valence-corrected chi connectivity index (χ3v) is 4.08. The molecule has 0 aliphatic heterocycles. The molecule has 0 amide bonds. The lowest BCUT2D eigenvalue weighted by Gasteiger charge is -2.11. The highest BCUT2D eigenvalue weighted by Crippen LogP contribution is 2.36. The number of para-hydroxylation sites is 1. The number of phenols is 1. The van der Waals surface area contributed by atoms with Crippen LogP contribution < -0.4 is 9.47 Å². The van der Waals surface area contributed by atoms with Crippen LogP contribution in [0.25, 0.3) is 0 Å². The predicted molar refractivity (Wildman–Crippen MR) is 100 cm³/mol. The van der Waals surface area contributed by atoms with Crippen molar-refractivity contribution < 1.29 is 14.6 Å². The van der Waals surface area contributed by atoms with Crippen LogP contribution in [0.5, 0.6) is 23.0 Å². The van der Waals surface area contributed by atoms with E-state index in [2.05, 4.69) is 0 Å². The van der Waals surface area contributed by atoms with Crippen molar-refractivity contribution in [2.45, 2.75) is 6.42 Å². The average Bonchev–Trinajstić information content (AvgIpc) is 2.59. The maximum absolute atomic E-state index is 9.42. The molecule has 0 spiro atoms. The average molecular weight is 375 g/mol. The first kappa shape index (κ1) is 17.5. The number of ether oxygens (including phenoxy) is 2. The monoisotopic (exact) mass is 374 g/mol. The molecule has 0 bridgehead atoms. The number of rotatable bonds is 6. The van der Waals surface area contributed by atoms with Crippen LogP contribution in [0, 0.1) is 0 Å². The fourth-order valence-corrected chi connectivity index (χ4v) is 2.89. The second kappa shape index (κ2) is 8.15. The van der Waals surface area contributed by atoms with Crippen molar-refractivity contribution in [3.63, 3.8) is 0 Å². The lowest BCUT2D eigenvalue weighted by atomic mass is 10.1. The smallest absolute Gasteiger partial charge is 0.156 e. The molecule has 0 aliphatic carbocycles. The number of hydrogen-bond donors (Lipinski definition) is 1. The molecule has 5 heteroatoms. The number of halogens is 2. The molecule has 0 unspecified atom stereocenters. The van der Waals surface area contributed by atoms with Crippen LogP contribution in [0.2, 0.25) is 10.0 Å². The van der Waals surface area contributed by atoms with Crippen molar-refractivity contribution in [2.24, 2.45) is 0 Å². The minimum Gasteiger partial charge on any atom is -0.508 e. The highest BCUT2D eigenvalue weighted by molar-refractivity contribution is 6.37.